The number of aliphatic hydroxyl groups is 1. The molecule has 31 heavy (non-hydrogen) atoms. The number of rotatable bonds is 9. The monoisotopic (exact) mass is 430 g/mol. The quantitative estimate of drug-likeness (QED) is 0.477. The van der Waals surface area contributed by atoms with E-state index in [-0.39, 0.29) is 23.6 Å². The second kappa shape index (κ2) is 10.2. The summed E-state index contributed by atoms with van der Waals surface area (Å²) in [6.45, 7) is -0.377. The highest BCUT2D eigenvalue weighted by atomic mass is 16.6. The second-order valence-electron chi connectivity index (χ2n) is 7.21. The number of hydrogen-bond acceptors (Lipinski definition) is 8. The Balaban J connectivity index is 1.75. The molecule has 1 fully saturated rings. The van der Waals surface area contributed by atoms with Gasteiger partial charge in [-0.3, -0.25) is 4.79 Å². The number of ether oxygens (including phenoxy) is 5. The third kappa shape index (κ3) is 5.27. The van der Waals surface area contributed by atoms with Gasteiger partial charge in [0.1, 0.15) is 6.61 Å². The van der Waals surface area contributed by atoms with Gasteiger partial charge >= 0.3 is 11.9 Å². The van der Waals surface area contributed by atoms with E-state index in [1.807, 2.05) is 18.2 Å². The third-order valence-corrected chi connectivity index (χ3v) is 5.29. The highest BCUT2D eigenvalue weighted by Crippen LogP contribution is 2.35. The Labute approximate surface area is 180 Å². The molecule has 1 heterocycles. The van der Waals surface area contributed by atoms with Crippen LogP contribution in [-0.4, -0.2) is 51.6 Å². The van der Waals surface area contributed by atoms with Crippen molar-refractivity contribution in [2.45, 2.75) is 12.8 Å². The molecule has 0 aliphatic carbocycles. The fourth-order valence-electron chi connectivity index (χ4n) is 3.70. The van der Waals surface area contributed by atoms with Crippen molar-refractivity contribution >= 4 is 11.9 Å². The van der Waals surface area contributed by atoms with Crippen molar-refractivity contribution in [2.24, 2.45) is 11.8 Å². The average molecular weight is 430 g/mol. The van der Waals surface area contributed by atoms with Gasteiger partial charge in [-0.1, -0.05) is 12.1 Å². The van der Waals surface area contributed by atoms with Crippen LogP contribution in [0.5, 0.6) is 23.0 Å². The molecular weight excluding hydrogens is 404 g/mol. The van der Waals surface area contributed by atoms with Gasteiger partial charge in [-0.25, -0.2) is 4.79 Å². The summed E-state index contributed by atoms with van der Waals surface area (Å²) in [6, 6.07) is 10.8. The fourth-order valence-corrected chi connectivity index (χ4v) is 3.70. The summed E-state index contributed by atoms with van der Waals surface area (Å²) >= 11 is 0. The molecule has 2 atom stereocenters. The highest BCUT2D eigenvalue weighted by Gasteiger charge is 2.37. The fraction of sp³-hybridized carbons (Fsp3) is 0.391. The van der Waals surface area contributed by atoms with E-state index in [0.29, 0.717) is 36.7 Å². The number of benzene rings is 2. The molecule has 3 rings (SSSR count). The molecule has 0 unspecified atom stereocenters. The Bertz CT molecular complexity index is 939. The van der Waals surface area contributed by atoms with Crippen molar-refractivity contribution in [2.75, 3.05) is 34.5 Å². The van der Waals surface area contributed by atoms with E-state index in [1.54, 1.807) is 32.4 Å². The average Bonchev–Trinajstić information content (AvgIpc) is 3.13. The summed E-state index contributed by atoms with van der Waals surface area (Å²) in [5.41, 5.74) is 1.87. The van der Waals surface area contributed by atoms with Crippen LogP contribution in [0.2, 0.25) is 0 Å². The number of aliphatic hydroxyl groups excluding tert-OH is 1. The molecule has 8 nitrogen and oxygen atoms in total. The Morgan fingerprint density at radius 2 is 1.52 bits per heavy atom. The Hall–Kier alpha value is -3.26. The van der Waals surface area contributed by atoms with Gasteiger partial charge in [-0.2, -0.15) is 0 Å². The minimum absolute atomic E-state index is 0.00323. The SMILES string of the molecule is COc1ccc(C[C@H]2COC(=O)[C@@H]2Cc2ccc(OC(=O)CO)c(OC)c2)cc1OC. The van der Waals surface area contributed by atoms with Crippen molar-refractivity contribution in [1.29, 1.82) is 0 Å². The summed E-state index contributed by atoms with van der Waals surface area (Å²) in [4.78, 5) is 23.8. The van der Waals surface area contributed by atoms with Crippen molar-refractivity contribution in [3.63, 3.8) is 0 Å². The molecule has 8 heteroatoms. The molecule has 1 aliphatic rings. The van der Waals surface area contributed by atoms with E-state index >= 15 is 0 Å². The molecule has 166 valence electrons. The van der Waals surface area contributed by atoms with E-state index in [1.165, 1.54) is 7.11 Å². The van der Waals surface area contributed by atoms with E-state index in [9.17, 15) is 9.59 Å². The predicted octanol–water partition coefficient (Wildman–Crippen LogP) is 2.18. The van der Waals surface area contributed by atoms with Crippen molar-refractivity contribution < 1.29 is 38.4 Å². The molecular formula is C23H26O8. The van der Waals surface area contributed by atoms with E-state index in [2.05, 4.69) is 0 Å². The molecule has 1 aliphatic heterocycles. The van der Waals surface area contributed by atoms with Gasteiger partial charge in [0, 0.05) is 5.92 Å². The van der Waals surface area contributed by atoms with E-state index in [4.69, 9.17) is 28.8 Å². The first-order valence-corrected chi connectivity index (χ1v) is 9.85. The van der Waals surface area contributed by atoms with Gasteiger partial charge in [0.05, 0.1) is 33.9 Å². The lowest BCUT2D eigenvalue weighted by Crippen LogP contribution is -2.21. The zero-order valence-electron chi connectivity index (χ0n) is 17.8. The minimum Gasteiger partial charge on any atom is -0.493 e. The summed E-state index contributed by atoms with van der Waals surface area (Å²) in [6.07, 6.45) is 1.11. The zero-order chi connectivity index (χ0) is 22.4. The maximum Gasteiger partial charge on any atom is 0.337 e. The highest BCUT2D eigenvalue weighted by molar-refractivity contribution is 5.76. The van der Waals surface area contributed by atoms with Crippen LogP contribution in [0.25, 0.3) is 0 Å². The molecule has 2 aromatic carbocycles. The second-order valence-corrected chi connectivity index (χ2v) is 7.21. The van der Waals surface area contributed by atoms with Crippen LogP contribution >= 0.6 is 0 Å². The van der Waals surface area contributed by atoms with Gasteiger partial charge < -0.3 is 28.8 Å². The zero-order valence-corrected chi connectivity index (χ0v) is 17.8. The molecule has 0 bridgehead atoms. The van der Waals surface area contributed by atoms with Crippen LogP contribution in [0.4, 0.5) is 0 Å². The normalized spacial score (nSPS) is 17.7. The van der Waals surface area contributed by atoms with Crippen molar-refractivity contribution in [1.82, 2.24) is 0 Å². The largest absolute Gasteiger partial charge is 0.493 e. The van der Waals surface area contributed by atoms with Gasteiger partial charge in [-0.15, -0.1) is 0 Å². The lowest BCUT2D eigenvalue weighted by molar-refractivity contribution is -0.141. The summed E-state index contributed by atoms with van der Waals surface area (Å²) in [5.74, 6) is 0.520. The summed E-state index contributed by atoms with van der Waals surface area (Å²) in [7, 11) is 4.63. The molecule has 0 radical (unpaired) electrons. The van der Waals surface area contributed by atoms with Crippen molar-refractivity contribution in [3.05, 3.63) is 47.5 Å². The number of esters is 2. The first-order chi connectivity index (χ1) is 15.0. The van der Waals surface area contributed by atoms with Crippen LogP contribution in [0.3, 0.4) is 0 Å². The first kappa shape index (κ1) is 22.4. The smallest absolute Gasteiger partial charge is 0.337 e. The lowest BCUT2D eigenvalue weighted by atomic mass is 9.85. The van der Waals surface area contributed by atoms with Crippen LogP contribution in [-0.2, 0) is 27.2 Å². The number of hydrogen-bond donors (Lipinski definition) is 1. The Kier molecular flexibility index (Phi) is 7.36. The predicted molar refractivity (Wildman–Crippen MR) is 111 cm³/mol. The molecule has 0 saturated carbocycles. The Morgan fingerprint density at radius 3 is 2.13 bits per heavy atom. The molecule has 2 aromatic rings. The standard InChI is InChI=1S/C23H26O8/c1-27-18-6-4-14(10-20(18)28-2)8-16-13-30-23(26)17(16)9-15-5-7-19(21(11-15)29-3)31-22(25)12-24/h4-7,10-11,16-17,24H,8-9,12-13H2,1-3H3/t16-,17+/m0/s1. The van der Waals surface area contributed by atoms with E-state index < -0.39 is 12.6 Å². The topological polar surface area (TPSA) is 101 Å². The molecule has 0 spiro atoms. The van der Waals surface area contributed by atoms with Gasteiger partial charge in [0.2, 0.25) is 0 Å². The first-order valence-electron chi connectivity index (χ1n) is 9.85. The van der Waals surface area contributed by atoms with Crippen LogP contribution in [0.1, 0.15) is 11.1 Å². The lowest BCUT2D eigenvalue weighted by Gasteiger charge is -2.17. The molecule has 0 amide bonds. The maximum absolute atomic E-state index is 12.4. The summed E-state index contributed by atoms with van der Waals surface area (Å²) in [5, 5.41) is 8.86. The third-order valence-electron chi connectivity index (χ3n) is 5.29. The minimum atomic E-state index is -0.777. The van der Waals surface area contributed by atoms with Crippen molar-refractivity contribution in [3.8, 4) is 23.0 Å². The van der Waals surface area contributed by atoms with Crippen LogP contribution in [0.15, 0.2) is 36.4 Å². The van der Waals surface area contributed by atoms with Crippen LogP contribution in [0, 0.1) is 11.8 Å². The number of methoxy groups -OCH3 is 3. The van der Waals surface area contributed by atoms with Gasteiger partial charge in [-0.05, 0) is 48.2 Å². The van der Waals surface area contributed by atoms with Crippen LogP contribution < -0.4 is 18.9 Å². The Morgan fingerprint density at radius 1 is 0.935 bits per heavy atom. The molecule has 1 N–H and O–H groups in total. The molecule has 0 aromatic heterocycles. The number of carbonyl (C=O) groups excluding carboxylic acids is 2. The number of cyclic esters (lactones) is 1. The van der Waals surface area contributed by atoms with Gasteiger partial charge in [0.25, 0.3) is 0 Å². The maximum atomic E-state index is 12.4. The number of carbonyl (C=O) groups is 2. The molecule has 1 saturated heterocycles. The van der Waals surface area contributed by atoms with E-state index in [0.717, 1.165) is 11.1 Å². The summed E-state index contributed by atoms with van der Waals surface area (Å²) < 4.78 is 26.3. The van der Waals surface area contributed by atoms with Gasteiger partial charge in [0.15, 0.2) is 23.0 Å².